The number of aromatic amines is 1. The molecule has 0 fully saturated rings. The third kappa shape index (κ3) is 5.66. The smallest absolute Gasteiger partial charge is 0.326 e. The third-order valence-corrected chi connectivity index (χ3v) is 6.05. The Hall–Kier alpha value is -4.46. The van der Waals surface area contributed by atoms with Crippen LogP contribution in [0.5, 0.6) is 0 Å². The van der Waals surface area contributed by atoms with Crippen LogP contribution in [0.15, 0.2) is 52.2 Å². The van der Waals surface area contributed by atoms with E-state index in [1.165, 1.54) is 30.3 Å². The number of sulfonamides is 1. The number of amides is 1. The minimum Gasteiger partial charge on any atom is -0.481 e. The van der Waals surface area contributed by atoms with Crippen molar-refractivity contribution in [2.24, 2.45) is 0 Å². The number of aromatic nitrogens is 2. The first kappa shape index (κ1) is 24.2. The normalized spacial score (nSPS) is 12.1. The number of carbonyl (C=O) groups excluding carboxylic acids is 1. The van der Waals surface area contributed by atoms with Gasteiger partial charge in [0.2, 0.25) is 5.95 Å². The Kier molecular flexibility index (Phi) is 6.81. The quantitative estimate of drug-likeness (QED) is 0.242. The molecule has 1 aromatic heterocycles. The lowest BCUT2D eigenvalue weighted by Crippen LogP contribution is -2.41. The van der Waals surface area contributed by atoms with Crippen molar-refractivity contribution in [1.82, 2.24) is 15.3 Å². The van der Waals surface area contributed by atoms with E-state index in [0.29, 0.717) is 0 Å². The maximum absolute atomic E-state index is 12.7. The number of carboxylic acids is 2. The van der Waals surface area contributed by atoms with Crippen molar-refractivity contribution in [2.75, 3.05) is 10.5 Å². The van der Waals surface area contributed by atoms with Crippen LogP contribution in [-0.2, 0) is 19.6 Å². The van der Waals surface area contributed by atoms with E-state index in [1.807, 2.05) is 0 Å². The number of nitrogens with zero attached hydrogens (tertiary/aromatic N) is 1. The molecule has 0 spiro atoms. The molecule has 2 aromatic carbocycles. The second kappa shape index (κ2) is 9.58. The zero-order valence-electron chi connectivity index (χ0n) is 17.3. The van der Waals surface area contributed by atoms with E-state index in [0.717, 1.165) is 12.1 Å². The second-order valence-corrected chi connectivity index (χ2v) is 8.79. The molecule has 1 amide bonds. The Morgan fingerprint density at radius 1 is 1.09 bits per heavy atom. The summed E-state index contributed by atoms with van der Waals surface area (Å²) in [5.74, 6) is -3.49. The molecule has 7 N–H and O–H groups in total. The van der Waals surface area contributed by atoms with Gasteiger partial charge in [0.15, 0.2) is 0 Å². The zero-order valence-corrected chi connectivity index (χ0v) is 18.1. The Balaban J connectivity index is 1.76. The second-order valence-electron chi connectivity index (χ2n) is 7.11. The third-order valence-electron chi connectivity index (χ3n) is 4.65. The Bertz CT molecular complexity index is 1430. The van der Waals surface area contributed by atoms with Gasteiger partial charge in [0.25, 0.3) is 21.5 Å². The molecule has 0 aliphatic rings. The summed E-state index contributed by atoms with van der Waals surface area (Å²) in [6, 6.07) is 7.33. The fourth-order valence-corrected chi connectivity index (χ4v) is 4.04. The average molecular weight is 489 g/mol. The molecule has 0 bridgehead atoms. The predicted octanol–water partition coefficient (Wildman–Crippen LogP) is 0.354. The highest BCUT2D eigenvalue weighted by Crippen LogP contribution is 2.20. The van der Waals surface area contributed by atoms with Crippen molar-refractivity contribution in [2.45, 2.75) is 23.8 Å². The Labute approximate surface area is 191 Å². The topological polar surface area (TPSA) is 222 Å². The fourth-order valence-electron chi connectivity index (χ4n) is 2.99. The molecule has 13 nitrogen and oxygen atoms in total. The predicted molar refractivity (Wildman–Crippen MR) is 120 cm³/mol. The molecule has 1 heterocycles. The van der Waals surface area contributed by atoms with Crippen LogP contribution < -0.4 is 21.3 Å². The summed E-state index contributed by atoms with van der Waals surface area (Å²) in [5.41, 5.74) is 5.29. The van der Waals surface area contributed by atoms with Crippen molar-refractivity contribution in [3.8, 4) is 0 Å². The molecule has 3 rings (SSSR count). The SMILES string of the molecule is Nc1nc2ccc(NS(=O)(=O)c3ccc(C(=O)N[C@@H](CCC(=O)O)C(=O)O)cc3)cc2c(=O)[nH]1. The first-order valence-electron chi connectivity index (χ1n) is 9.64. The van der Waals surface area contributed by atoms with Crippen LogP contribution in [0.1, 0.15) is 23.2 Å². The lowest BCUT2D eigenvalue weighted by Gasteiger charge is -2.14. The van der Waals surface area contributed by atoms with E-state index in [9.17, 15) is 27.6 Å². The standard InChI is InChI=1S/C20H19N5O8S/c21-20-23-14-6-3-11(9-13(14)18(29)24-20)25-34(32,33)12-4-1-10(2-5-12)17(28)22-15(19(30)31)7-8-16(26)27/h1-6,9,15,25H,7-8H2,(H,22,28)(H,26,27)(H,30,31)(H3,21,23,24,29)/t15-/m0/s1. The fraction of sp³-hybridized carbons (Fsp3) is 0.150. The number of nitrogens with one attached hydrogen (secondary N) is 3. The van der Waals surface area contributed by atoms with Crippen LogP contribution in [0.3, 0.4) is 0 Å². The summed E-state index contributed by atoms with van der Waals surface area (Å²) in [4.78, 5) is 52.3. The number of nitrogen functional groups attached to an aromatic ring is 1. The minimum atomic E-state index is -4.10. The number of carboxylic acid groups (broad SMARTS) is 2. The number of anilines is 2. The number of aliphatic carboxylic acids is 2. The molecule has 0 aliphatic heterocycles. The van der Waals surface area contributed by atoms with Gasteiger partial charge in [-0.2, -0.15) is 0 Å². The molecule has 1 atom stereocenters. The van der Waals surface area contributed by atoms with Crippen molar-refractivity contribution in [3.05, 3.63) is 58.4 Å². The van der Waals surface area contributed by atoms with Crippen molar-refractivity contribution >= 4 is 50.4 Å². The van der Waals surface area contributed by atoms with Crippen LogP contribution in [0.2, 0.25) is 0 Å². The van der Waals surface area contributed by atoms with E-state index >= 15 is 0 Å². The van der Waals surface area contributed by atoms with Gasteiger partial charge >= 0.3 is 11.9 Å². The van der Waals surface area contributed by atoms with Crippen molar-refractivity contribution < 1.29 is 33.0 Å². The number of H-pyrrole nitrogens is 1. The molecule has 0 aliphatic carbocycles. The maximum Gasteiger partial charge on any atom is 0.326 e. The molecule has 0 saturated heterocycles. The van der Waals surface area contributed by atoms with Gasteiger partial charge in [-0.25, -0.2) is 18.2 Å². The van der Waals surface area contributed by atoms with Gasteiger partial charge in [-0.15, -0.1) is 0 Å². The van der Waals surface area contributed by atoms with Crippen LogP contribution in [0, 0.1) is 0 Å². The Morgan fingerprint density at radius 3 is 2.38 bits per heavy atom. The maximum atomic E-state index is 12.7. The van der Waals surface area contributed by atoms with E-state index in [1.54, 1.807) is 0 Å². The molecule has 34 heavy (non-hydrogen) atoms. The minimum absolute atomic E-state index is 0.0265. The summed E-state index contributed by atoms with van der Waals surface area (Å²) in [6.07, 6.45) is -0.770. The molecule has 0 radical (unpaired) electrons. The summed E-state index contributed by atoms with van der Waals surface area (Å²) in [6.45, 7) is 0. The van der Waals surface area contributed by atoms with Gasteiger partial charge in [0.1, 0.15) is 6.04 Å². The number of rotatable bonds is 9. The summed E-state index contributed by atoms with van der Waals surface area (Å²) < 4.78 is 27.7. The van der Waals surface area contributed by atoms with Crippen molar-refractivity contribution in [1.29, 1.82) is 0 Å². The number of nitrogens with two attached hydrogens (primary N) is 1. The van der Waals surface area contributed by atoms with E-state index in [-0.39, 0.29) is 39.4 Å². The lowest BCUT2D eigenvalue weighted by molar-refractivity contribution is -0.140. The molecular weight excluding hydrogens is 470 g/mol. The van der Waals surface area contributed by atoms with Crippen LogP contribution in [0.25, 0.3) is 10.9 Å². The number of carbonyl (C=O) groups is 3. The lowest BCUT2D eigenvalue weighted by atomic mass is 10.1. The van der Waals surface area contributed by atoms with Gasteiger partial charge in [0, 0.05) is 17.7 Å². The summed E-state index contributed by atoms with van der Waals surface area (Å²) in [5, 5.41) is 20.2. The monoisotopic (exact) mass is 489 g/mol. The zero-order chi connectivity index (χ0) is 25.0. The van der Waals surface area contributed by atoms with Crippen molar-refractivity contribution in [3.63, 3.8) is 0 Å². The highest BCUT2D eigenvalue weighted by atomic mass is 32.2. The molecule has 3 aromatic rings. The van der Waals surface area contributed by atoms with Gasteiger partial charge in [0.05, 0.1) is 15.8 Å². The first-order valence-corrected chi connectivity index (χ1v) is 11.1. The number of fused-ring (bicyclic) bond motifs is 1. The van der Waals surface area contributed by atoms with Gasteiger partial charge < -0.3 is 21.3 Å². The van der Waals surface area contributed by atoms with E-state index in [2.05, 4.69) is 20.0 Å². The largest absolute Gasteiger partial charge is 0.481 e. The van der Waals surface area contributed by atoms with Gasteiger partial charge in [-0.05, 0) is 48.9 Å². The summed E-state index contributed by atoms with van der Waals surface area (Å²) >= 11 is 0. The van der Waals surface area contributed by atoms with E-state index in [4.69, 9.17) is 15.9 Å². The van der Waals surface area contributed by atoms with Gasteiger partial charge in [-0.3, -0.25) is 24.1 Å². The van der Waals surface area contributed by atoms with Crippen LogP contribution in [-0.4, -0.2) is 52.5 Å². The first-order chi connectivity index (χ1) is 16.0. The number of hydrogen-bond acceptors (Lipinski definition) is 8. The molecule has 14 heteroatoms. The summed E-state index contributed by atoms with van der Waals surface area (Å²) in [7, 11) is -4.10. The number of benzene rings is 2. The van der Waals surface area contributed by atoms with Gasteiger partial charge in [-0.1, -0.05) is 0 Å². The molecule has 0 unspecified atom stereocenters. The molecule has 0 saturated carbocycles. The molecule has 178 valence electrons. The highest BCUT2D eigenvalue weighted by molar-refractivity contribution is 7.92. The van der Waals surface area contributed by atoms with Crippen LogP contribution in [0.4, 0.5) is 11.6 Å². The van der Waals surface area contributed by atoms with Crippen LogP contribution >= 0.6 is 0 Å². The highest BCUT2D eigenvalue weighted by Gasteiger charge is 2.22. The molecular formula is C20H19N5O8S. The number of hydrogen-bond donors (Lipinski definition) is 6. The average Bonchev–Trinajstić information content (AvgIpc) is 2.76. The Morgan fingerprint density at radius 2 is 1.76 bits per heavy atom. The van der Waals surface area contributed by atoms with E-state index < -0.39 is 45.9 Å².